The quantitative estimate of drug-likeness (QED) is 0.607. The van der Waals surface area contributed by atoms with E-state index in [2.05, 4.69) is 22.2 Å². The summed E-state index contributed by atoms with van der Waals surface area (Å²) in [6, 6.07) is 6.15. The molecule has 0 aromatic carbocycles. The van der Waals surface area contributed by atoms with Crippen molar-refractivity contribution in [3.8, 4) is 11.3 Å². The number of carbonyl (C=O) groups is 1. The van der Waals surface area contributed by atoms with E-state index in [4.69, 9.17) is 4.98 Å². The molecule has 1 amide bonds. The van der Waals surface area contributed by atoms with Gasteiger partial charge in [-0.2, -0.15) is 0 Å². The fourth-order valence-electron chi connectivity index (χ4n) is 3.49. The van der Waals surface area contributed by atoms with Crippen LogP contribution >= 0.6 is 0 Å². The van der Waals surface area contributed by atoms with Gasteiger partial charge in [-0.25, -0.2) is 15.0 Å². The Hall–Kier alpha value is -3.22. The standard InChI is InChI=1S/C20H20N6O/c1-12-9-16(15-5-7-25-8-6-21-17(25)10-15)24-19-18(22-11-26(12)19)20(27)23-13(2)14-3-4-14/h5-11,13-14H,3-4H2,1-2H3,(H,23,27)/t13-/m0/s1. The van der Waals surface area contributed by atoms with Crippen molar-refractivity contribution in [2.75, 3.05) is 0 Å². The molecule has 1 fully saturated rings. The third kappa shape index (κ3) is 2.75. The number of aromatic nitrogens is 5. The van der Waals surface area contributed by atoms with Crippen LogP contribution in [0.15, 0.2) is 43.1 Å². The summed E-state index contributed by atoms with van der Waals surface area (Å²) in [5.74, 6) is 0.430. The minimum absolute atomic E-state index is 0.162. The number of fused-ring (bicyclic) bond motifs is 2. The summed E-state index contributed by atoms with van der Waals surface area (Å²) in [6.45, 7) is 4.04. The molecule has 1 aliphatic rings. The van der Waals surface area contributed by atoms with E-state index in [9.17, 15) is 4.79 Å². The maximum Gasteiger partial charge on any atom is 0.274 e. The molecule has 4 aromatic rings. The molecule has 7 heteroatoms. The van der Waals surface area contributed by atoms with E-state index >= 15 is 0 Å². The van der Waals surface area contributed by atoms with Crippen molar-refractivity contribution >= 4 is 17.2 Å². The van der Waals surface area contributed by atoms with Gasteiger partial charge in [0.1, 0.15) is 12.0 Å². The van der Waals surface area contributed by atoms with Crippen LogP contribution < -0.4 is 5.32 Å². The van der Waals surface area contributed by atoms with Gasteiger partial charge in [0.05, 0.1) is 5.69 Å². The number of rotatable bonds is 4. The molecule has 1 N–H and O–H groups in total. The van der Waals surface area contributed by atoms with Crippen LogP contribution in [0.2, 0.25) is 0 Å². The van der Waals surface area contributed by atoms with E-state index < -0.39 is 0 Å². The Bertz CT molecular complexity index is 1170. The second-order valence-corrected chi connectivity index (χ2v) is 7.28. The molecule has 1 atom stereocenters. The highest BCUT2D eigenvalue weighted by molar-refractivity contribution is 5.98. The highest BCUT2D eigenvalue weighted by Crippen LogP contribution is 2.32. The zero-order valence-electron chi connectivity index (χ0n) is 15.3. The number of nitrogens with one attached hydrogen (secondary N) is 1. The first kappa shape index (κ1) is 16.0. The first-order valence-electron chi connectivity index (χ1n) is 9.19. The van der Waals surface area contributed by atoms with Crippen molar-refractivity contribution in [1.29, 1.82) is 0 Å². The zero-order chi connectivity index (χ0) is 18.5. The van der Waals surface area contributed by atoms with E-state index in [0.29, 0.717) is 17.3 Å². The minimum Gasteiger partial charge on any atom is -0.348 e. The lowest BCUT2D eigenvalue weighted by molar-refractivity contribution is 0.0933. The average molecular weight is 360 g/mol. The van der Waals surface area contributed by atoms with E-state index in [0.717, 1.165) is 22.6 Å². The lowest BCUT2D eigenvalue weighted by Crippen LogP contribution is -2.34. The van der Waals surface area contributed by atoms with Crippen LogP contribution in [-0.2, 0) is 0 Å². The van der Waals surface area contributed by atoms with Gasteiger partial charge >= 0.3 is 0 Å². The number of imidazole rings is 2. The second kappa shape index (κ2) is 5.90. The maximum atomic E-state index is 12.7. The first-order valence-corrected chi connectivity index (χ1v) is 9.19. The van der Waals surface area contributed by atoms with Crippen LogP contribution in [0.5, 0.6) is 0 Å². The predicted octanol–water partition coefficient (Wildman–Crippen LogP) is 2.88. The van der Waals surface area contributed by atoms with Crippen molar-refractivity contribution < 1.29 is 4.79 Å². The fraction of sp³-hybridized carbons (Fsp3) is 0.300. The number of carbonyl (C=O) groups excluding carboxylic acids is 1. The number of amides is 1. The molecule has 0 bridgehead atoms. The highest BCUT2D eigenvalue weighted by atomic mass is 16.2. The summed E-state index contributed by atoms with van der Waals surface area (Å²) >= 11 is 0. The van der Waals surface area contributed by atoms with Crippen molar-refractivity contribution in [1.82, 2.24) is 29.1 Å². The largest absolute Gasteiger partial charge is 0.348 e. The predicted molar refractivity (Wildman–Crippen MR) is 102 cm³/mol. The van der Waals surface area contributed by atoms with Crippen molar-refractivity contribution in [2.24, 2.45) is 5.92 Å². The molecule has 4 aromatic heterocycles. The molecule has 5 rings (SSSR count). The van der Waals surface area contributed by atoms with Gasteiger partial charge in [0, 0.05) is 35.9 Å². The van der Waals surface area contributed by atoms with E-state index in [-0.39, 0.29) is 11.9 Å². The lowest BCUT2D eigenvalue weighted by atomic mass is 10.1. The number of pyridine rings is 1. The van der Waals surface area contributed by atoms with Gasteiger partial charge in [-0.15, -0.1) is 0 Å². The number of nitrogens with zero attached hydrogens (tertiary/aromatic N) is 5. The Morgan fingerprint density at radius 2 is 2.11 bits per heavy atom. The topological polar surface area (TPSA) is 76.6 Å². The normalized spacial score (nSPS) is 15.3. The van der Waals surface area contributed by atoms with Crippen molar-refractivity contribution in [3.05, 3.63) is 54.5 Å². The maximum absolute atomic E-state index is 12.7. The second-order valence-electron chi connectivity index (χ2n) is 7.28. The monoisotopic (exact) mass is 360 g/mol. The summed E-state index contributed by atoms with van der Waals surface area (Å²) in [6.07, 6.45) is 9.66. The average Bonchev–Trinajstić information content (AvgIpc) is 3.25. The van der Waals surface area contributed by atoms with Crippen LogP contribution in [0, 0.1) is 12.8 Å². The van der Waals surface area contributed by atoms with Crippen molar-refractivity contribution in [3.63, 3.8) is 0 Å². The fourth-order valence-corrected chi connectivity index (χ4v) is 3.49. The Morgan fingerprint density at radius 3 is 2.93 bits per heavy atom. The molecule has 1 saturated carbocycles. The van der Waals surface area contributed by atoms with Gasteiger partial charge in [0.2, 0.25) is 0 Å². The molecule has 27 heavy (non-hydrogen) atoms. The molecule has 136 valence electrons. The van der Waals surface area contributed by atoms with Crippen LogP contribution in [-0.4, -0.2) is 35.7 Å². The Morgan fingerprint density at radius 1 is 1.26 bits per heavy atom. The third-order valence-electron chi connectivity index (χ3n) is 5.29. The molecule has 7 nitrogen and oxygen atoms in total. The summed E-state index contributed by atoms with van der Waals surface area (Å²) in [5, 5.41) is 3.07. The van der Waals surface area contributed by atoms with Crippen LogP contribution in [0.25, 0.3) is 22.6 Å². The minimum atomic E-state index is -0.162. The number of hydrogen-bond donors (Lipinski definition) is 1. The third-order valence-corrected chi connectivity index (χ3v) is 5.29. The Labute approximate surface area is 156 Å². The molecular formula is C20H20N6O. The molecule has 0 unspecified atom stereocenters. The molecule has 4 heterocycles. The number of hydrogen-bond acceptors (Lipinski definition) is 4. The molecule has 0 spiro atoms. The van der Waals surface area contributed by atoms with Gasteiger partial charge in [0.25, 0.3) is 5.91 Å². The van der Waals surface area contributed by atoms with Gasteiger partial charge in [-0.1, -0.05) is 0 Å². The molecule has 0 saturated heterocycles. The van der Waals surface area contributed by atoms with Gasteiger partial charge in [-0.05, 0) is 50.8 Å². The molecular weight excluding hydrogens is 340 g/mol. The van der Waals surface area contributed by atoms with Crippen LogP contribution in [0.1, 0.15) is 35.9 Å². The summed E-state index contributed by atoms with van der Waals surface area (Å²) in [7, 11) is 0. The summed E-state index contributed by atoms with van der Waals surface area (Å²) < 4.78 is 3.81. The smallest absolute Gasteiger partial charge is 0.274 e. The van der Waals surface area contributed by atoms with Gasteiger partial charge < -0.3 is 9.72 Å². The molecule has 1 aliphatic carbocycles. The molecule has 0 aliphatic heterocycles. The molecule has 0 radical (unpaired) electrons. The first-order chi connectivity index (χ1) is 13.1. The zero-order valence-corrected chi connectivity index (χ0v) is 15.3. The van der Waals surface area contributed by atoms with E-state index in [1.54, 1.807) is 12.5 Å². The number of aryl methyl sites for hydroxylation is 1. The lowest BCUT2D eigenvalue weighted by Gasteiger charge is -2.12. The van der Waals surface area contributed by atoms with Gasteiger partial charge in [0.15, 0.2) is 11.3 Å². The van der Waals surface area contributed by atoms with Gasteiger partial charge in [-0.3, -0.25) is 9.20 Å². The summed E-state index contributed by atoms with van der Waals surface area (Å²) in [4.78, 5) is 26.1. The van der Waals surface area contributed by atoms with E-state index in [1.807, 2.05) is 46.3 Å². The van der Waals surface area contributed by atoms with Crippen molar-refractivity contribution in [2.45, 2.75) is 32.7 Å². The highest BCUT2D eigenvalue weighted by Gasteiger charge is 2.30. The Kier molecular flexibility index (Phi) is 3.50. The van der Waals surface area contributed by atoms with E-state index in [1.165, 1.54) is 12.8 Å². The van der Waals surface area contributed by atoms with Crippen LogP contribution in [0.3, 0.4) is 0 Å². The van der Waals surface area contributed by atoms with Crippen LogP contribution in [0.4, 0.5) is 0 Å². The Balaban J connectivity index is 1.57. The SMILES string of the molecule is Cc1cc(-c2ccn3ccnc3c2)nc2c(C(=O)N[C@@H](C)C3CC3)ncn12. The summed E-state index contributed by atoms with van der Waals surface area (Å²) in [5.41, 5.74) is 4.54.